The number of aryl methyl sites for hydroxylation is 1. The molecular weight excluding hydrogens is 550 g/mol. The Morgan fingerprint density at radius 1 is 1.19 bits per heavy atom. The second-order valence-corrected chi connectivity index (χ2v) is 12.9. The zero-order valence-corrected chi connectivity index (χ0v) is 26.2. The number of nitrogens with zero attached hydrogens (tertiary/aromatic N) is 6. The normalized spacial score (nSPS) is 24.5. The molecule has 6 rings (SSSR count). The van der Waals surface area contributed by atoms with Gasteiger partial charge in [-0.25, -0.2) is 0 Å². The molecule has 3 aliphatic rings. The number of hydrogen-bond donors (Lipinski definition) is 1. The summed E-state index contributed by atoms with van der Waals surface area (Å²) < 4.78 is 8.10. The lowest BCUT2D eigenvalue weighted by atomic mass is 9.90. The first-order valence-corrected chi connectivity index (χ1v) is 15.9. The molecule has 0 spiro atoms. The summed E-state index contributed by atoms with van der Waals surface area (Å²) in [6.45, 7) is 18.5. The number of benzene rings is 1. The van der Waals surface area contributed by atoms with E-state index < -0.39 is 0 Å². The van der Waals surface area contributed by atoms with Gasteiger partial charge in [-0.15, -0.1) is 0 Å². The highest BCUT2D eigenvalue weighted by Gasteiger charge is 2.42. The third-order valence-electron chi connectivity index (χ3n) is 10.0. The Morgan fingerprint density at radius 3 is 2.67 bits per heavy atom. The molecule has 3 aromatic rings. The minimum absolute atomic E-state index is 0.000794. The number of aromatic amines is 1. The summed E-state index contributed by atoms with van der Waals surface area (Å²) in [6.07, 6.45) is 8.32. The smallest absolute Gasteiger partial charge is 0.245 e. The number of ether oxygens (including phenoxy) is 1. The van der Waals surface area contributed by atoms with Crippen molar-refractivity contribution in [3.63, 3.8) is 0 Å². The van der Waals surface area contributed by atoms with Gasteiger partial charge in [0.05, 0.1) is 34.9 Å². The molecule has 3 saturated heterocycles. The maximum atomic E-state index is 12.3. The second kappa shape index (κ2) is 11.7. The molecule has 9 nitrogen and oxygen atoms in total. The van der Waals surface area contributed by atoms with Gasteiger partial charge in [0.15, 0.2) is 5.82 Å². The largest absolute Gasteiger partial charge is 0.380 e. The number of piperazine rings is 1. The van der Waals surface area contributed by atoms with Crippen molar-refractivity contribution in [3.8, 4) is 11.1 Å². The molecule has 10 heteroatoms. The van der Waals surface area contributed by atoms with E-state index in [-0.39, 0.29) is 17.5 Å². The predicted octanol–water partition coefficient (Wildman–Crippen LogP) is 5.52. The average molecular weight is 594 g/mol. The minimum atomic E-state index is -0.109. The topological polar surface area (TPSA) is 82.5 Å². The van der Waals surface area contributed by atoms with Crippen LogP contribution in [0.1, 0.15) is 63.3 Å². The summed E-state index contributed by atoms with van der Waals surface area (Å²) in [4.78, 5) is 19.4. The van der Waals surface area contributed by atoms with E-state index in [2.05, 4.69) is 65.0 Å². The van der Waals surface area contributed by atoms with Gasteiger partial charge >= 0.3 is 0 Å². The van der Waals surface area contributed by atoms with E-state index in [4.69, 9.17) is 21.4 Å². The Labute approximate surface area is 253 Å². The molecule has 5 heterocycles. The molecule has 226 valence electrons. The van der Waals surface area contributed by atoms with Crippen LogP contribution in [0.3, 0.4) is 0 Å². The van der Waals surface area contributed by atoms with Gasteiger partial charge in [-0.1, -0.05) is 25.1 Å². The molecule has 1 aromatic carbocycles. The van der Waals surface area contributed by atoms with E-state index >= 15 is 0 Å². The van der Waals surface area contributed by atoms with Crippen LogP contribution < -0.4 is 4.90 Å². The number of piperidine rings is 1. The highest BCUT2D eigenvalue weighted by Crippen LogP contribution is 2.46. The third-order valence-corrected chi connectivity index (χ3v) is 10.5. The van der Waals surface area contributed by atoms with Crippen molar-refractivity contribution in [3.05, 3.63) is 41.2 Å². The molecule has 3 fully saturated rings. The minimum Gasteiger partial charge on any atom is -0.380 e. The van der Waals surface area contributed by atoms with Crippen LogP contribution in [0.2, 0.25) is 5.02 Å². The number of carbonyl (C=O) groups is 1. The number of amides is 1. The van der Waals surface area contributed by atoms with Crippen LogP contribution in [0.15, 0.2) is 24.9 Å². The standard InChI is InChI=1S/C32H44ClN7O2/c1-6-27(41)37-12-10-23(11-13-37)40-22(4)28(29-25-18-34-35-26(25)17-21(3)30(29)33)31(36-40)39-15-14-38(20-32(39,5)7-2)24-9-8-16-42-19-24/h6,17-18,23-24H,1,7-16,19-20H2,2-5H3,(H,34,35)/t24?,32-/m0/s1. The first kappa shape index (κ1) is 29.2. The van der Waals surface area contributed by atoms with E-state index in [9.17, 15) is 4.79 Å². The van der Waals surface area contributed by atoms with Crippen LogP contribution >= 0.6 is 11.6 Å². The lowest BCUT2D eigenvalue weighted by molar-refractivity contribution is -0.127. The molecule has 0 bridgehead atoms. The SMILES string of the molecule is C=CC(=O)N1CCC(n2nc(N3CCN(C4CCCOC4)C[C@]3(C)CC)c(-c3c(Cl)c(C)cc4[nH]ncc34)c2C)CC1. The van der Waals surface area contributed by atoms with Crippen LogP contribution in [0.4, 0.5) is 5.82 Å². The van der Waals surface area contributed by atoms with Crippen LogP contribution in [-0.2, 0) is 9.53 Å². The monoisotopic (exact) mass is 593 g/mol. The Bertz CT molecular complexity index is 1470. The van der Waals surface area contributed by atoms with E-state index in [1.54, 1.807) is 0 Å². The van der Waals surface area contributed by atoms with Crippen LogP contribution in [-0.4, -0.2) is 93.2 Å². The molecule has 42 heavy (non-hydrogen) atoms. The molecular formula is C32H44ClN7O2. The fourth-order valence-corrected chi connectivity index (χ4v) is 7.58. The number of likely N-dealkylation sites (tertiary alicyclic amines) is 1. The number of aromatic nitrogens is 4. The first-order valence-electron chi connectivity index (χ1n) is 15.5. The van der Waals surface area contributed by atoms with Gasteiger partial charge < -0.3 is 14.5 Å². The average Bonchev–Trinajstić information content (AvgIpc) is 3.62. The molecule has 0 saturated carbocycles. The molecule has 3 aliphatic heterocycles. The Hall–Kier alpha value is -2.88. The lowest BCUT2D eigenvalue weighted by Crippen LogP contribution is -2.63. The summed E-state index contributed by atoms with van der Waals surface area (Å²) >= 11 is 7.17. The maximum Gasteiger partial charge on any atom is 0.245 e. The van der Waals surface area contributed by atoms with Crippen molar-refractivity contribution in [2.24, 2.45) is 0 Å². The van der Waals surface area contributed by atoms with Gasteiger partial charge in [-0.2, -0.15) is 10.2 Å². The Morgan fingerprint density at radius 2 is 1.98 bits per heavy atom. The van der Waals surface area contributed by atoms with Crippen molar-refractivity contribution in [2.45, 2.75) is 77.4 Å². The molecule has 1 unspecified atom stereocenters. The van der Waals surface area contributed by atoms with E-state index in [0.29, 0.717) is 19.1 Å². The number of fused-ring (bicyclic) bond motifs is 1. The van der Waals surface area contributed by atoms with Gasteiger partial charge in [-0.05, 0) is 70.6 Å². The van der Waals surface area contributed by atoms with Crippen LogP contribution in [0, 0.1) is 13.8 Å². The van der Waals surface area contributed by atoms with Crippen LogP contribution in [0.25, 0.3) is 22.0 Å². The predicted molar refractivity (Wildman–Crippen MR) is 168 cm³/mol. The number of anilines is 1. The maximum absolute atomic E-state index is 12.3. The molecule has 0 aliphatic carbocycles. The highest BCUT2D eigenvalue weighted by atomic mass is 35.5. The summed E-state index contributed by atoms with van der Waals surface area (Å²) in [5.41, 5.74) is 5.07. The number of H-pyrrole nitrogens is 1. The molecule has 2 atom stereocenters. The van der Waals surface area contributed by atoms with Crippen molar-refractivity contribution in [1.29, 1.82) is 0 Å². The van der Waals surface area contributed by atoms with Gasteiger partial charge in [0.1, 0.15) is 0 Å². The van der Waals surface area contributed by atoms with Crippen molar-refractivity contribution >= 4 is 34.2 Å². The Kier molecular flexibility index (Phi) is 8.11. The van der Waals surface area contributed by atoms with E-state index in [0.717, 1.165) is 103 Å². The zero-order valence-electron chi connectivity index (χ0n) is 25.5. The van der Waals surface area contributed by atoms with Crippen molar-refractivity contribution in [1.82, 2.24) is 29.8 Å². The molecule has 1 amide bonds. The fourth-order valence-electron chi connectivity index (χ4n) is 7.33. The van der Waals surface area contributed by atoms with Crippen LogP contribution in [0.5, 0.6) is 0 Å². The van der Waals surface area contributed by atoms with Crippen molar-refractivity contribution < 1.29 is 9.53 Å². The number of rotatable bonds is 6. The zero-order chi connectivity index (χ0) is 29.6. The molecule has 2 aromatic heterocycles. The van der Waals surface area contributed by atoms with Crippen molar-refractivity contribution in [2.75, 3.05) is 50.8 Å². The quantitative estimate of drug-likeness (QED) is 0.379. The highest BCUT2D eigenvalue weighted by molar-refractivity contribution is 6.36. The summed E-state index contributed by atoms with van der Waals surface area (Å²) in [6, 6.07) is 2.75. The number of carbonyl (C=O) groups excluding carboxylic acids is 1. The van der Waals surface area contributed by atoms with Gasteiger partial charge in [0.25, 0.3) is 0 Å². The third kappa shape index (κ3) is 5.03. The van der Waals surface area contributed by atoms with Gasteiger partial charge in [0, 0.05) is 67.6 Å². The van der Waals surface area contributed by atoms with Gasteiger partial charge in [0.2, 0.25) is 5.91 Å². The first-order chi connectivity index (χ1) is 20.3. The lowest BCUT2D eigenvalue weighted by Gasteiger charge is -2.51. The summed E-state index contributed by atoms with van der Waals surface area (Å²) in [7, 11) is 0. The molecule has 0 radical (unpaired) electrons. The van der Waals surface area contributed by atoms with Gasteiger partial charge in [-0.3, -0.25) is 19.5 Å². The van der Waals surface area contributed by atoms with E-state index in [1.165, 1.54) is 12.5 Å². The number of halogens is 1. The molecule has 1 N–H and O–H groups in total. The fraction of sp³-hybridized carbons (Fsp3) is 0.594. The second-order valence-electron chi connectivity index (χ2n) is 12.5. The Balaban J connectivity index is 1.44. The van der Waals surface area contributed by atoms with E-state index in [1.807, 2.05) is 11.1 Å². The summed E-state index contributed by atoms with van der Waals surface area (Å²) in [5.74, 6) is 0.997. The number of hydrogen-bond acceptors (Lipinski definition) is 6. The number of nitrogens with one attached hydrogen (secondary N) is 1. The summed E-state index contributed by atoms with van der Waals surface area (Å²) in [5, 5.41) is 14.8.